The van der Waals surface area contributed by atoms with Gasteiger partial charge in [0, 0.05) is 0 Å². The van der Waals surface area contributed by atoms with Gasteiger partial charge in [-0.1, -0.05) is 6.42 Å². The van der Waals surface area contributed by atoms with Gasteiger partial charge < -0.3 is 15.4 Å². The summed E-state index contributed by atoms with van der Waals surface area (Å²) in [7, 11) is 0. The molecule has 5 heteroatoms. The number of hydrogen-bond acceptors (Lipinski definition) is 3. The molecule has 110 valence electrons. The molecule has 2 atom stereocenters. The van der Waals surface area contributed by atoms with Crippen molar-refractivity contribution in [3.05, 3.63) is 30.1 Å². The molecule has 0 spiro atoms. The van der Waals surface area contributed by atoms with Crippen molar-refractivity contribution in [1.29, 1.82) is 0 Å². The van der Waals surface area contributed by atoms with Gasteiger partial charge in [-0.05, 0) is 50.6 Å². The third-order valence-electron chi connectivity index (χ3n) is 3.34. The number of hydrogen-bond donors (Lipinski definition) is 2. The van der Waals surface area contributed by atoms with Crippen LogP contribution in [0.25, 0.3) is 0 Å². The van der Waals surface area contributed by atoms with Crippen LogP contribution < -0.4 is 15.4 Å². The molecule has 1 aromatic carbocycles. The summed E-state index contributed by atoms with van der Waals surface area (Å²) in [5.74, 6) is 0.338. The Balaban J connectivity index is 1.72. The molecule has 20 heavy (non-hydrogen) atoms. The molecular formula is C15H21FN2O2. The molecule has 0 radical (unpaired) electrons. The lowest BCUT2D eigenvalue weighted by Crippen LogP contribution is -2.48. The normalized spacial score (nSPS) is 20.2. The molecule has 0 aliphatic carbocycles. The topological polar surface area (TPSA) is 50.4 Å². The predicted molar refractivity (Wildman–Crippen MR) is 75.1 cm³/mol. The van der Waals surface area contributed by atoms with Gasteiger partial charge in [0.1, 0.15) is 17.7 Å². The van der Waals surface area contributed by atoms with E-state index in [0.29, 0.717) is 12.3 Å². The summed E-state index contributed by atoms with van der Waals surface area (Å²) in [5.41, 5.74) is 0. The Morgan fingerprint density at radius 2 is 2.20 bits per heavy atom. The first kappa shape index (κ1) is 14.8. The summed E-state index contributed by atoms with van der Waals surface area (Å²) in [6.07, 6.45) is 2.95. The molecule has 4 nitrogen and oxygen atoms in total. The number of amides is 1. The van der Waals surface area contributed by atoms with Gasteiger partial charge in [0.05, 0.1) is 12.6 Å². The number of carbonyl (C=O) groups excluding carboxylic acids is 1. The van der Waals surface area contributed by atoms with Gasteiger partial charge in [0.15, 0.2) is 0 Å². The quantitative estimate of drug-likeness (QED) is 0.865. The van der Waals surface area contributed by atoms with Gasteiger partial charge in [-0.2, -0.15) is 0 Å². The van der Waals surface area contributed by atoms with Gasteiger partial charge in [0.25, 0.3) is 0 Å². The minimum atomic E-state index is -0.290. The van der Waals surface area contributed by atoms with E-state index < -0.39 is 0 Å². The number of ether oxygens (including phenoxy) is 1. The molecular weight excluding hydrogens is 259 g/mol. The van der Waals surface area contributed by atoms with Crippen molar-refractivity contribution in [3.63, 3.8) is 0 Å². The maximum absolute atomic E-state index is 12.8. The number of carbonyl (C=O) groups is 1. The summed E-state index contributed by atoms with van der Waals surface area (Å²) >= 11 is 0. The number of halogens is 1. The summed E-state index contributed by atoms with van der Waals surface area (Å²) in [6, 6.07) is 5.79. The maximum Gasteiger partial charge on any atom is 0.237 e. The monoisotopic (exact) mass is 280 g/mol. The Kier molecular flexibility index (Phi) is 5.35. The second kappa shape index (κ2) is 7.24. The van der Waals surface area contributed by atoms with Gasteiger partial charge in [-0.15, -0.1) is 0 Å². The third-order valence-corrected chi connectivity index (χ3v) is 3.34. The fourth-order valence-electron chi connectivity index (χ4n) is 2.23. The lowest BCUT2D eigenvalue weighted by molar-refractivity contribution is -0.124. The van der Waals surface area contributed by atoms with E-state index in [0.717, 1.165) is 25.8 Å². The SMILES string of the molecule is CC(CNC(=O)C1CCCCN1)Oc1ccc(F)cc1. The van der Waals surface area contributed by atoms with Crippen molar-refractivity contribution < 1.29 is 13.9 Å². The van der Waals surface area contributed by atoms with E-state index >= 15 is 0 Å². The van der Waals surface area contributed by atoms with Crippen LogP contribution in [0.15, 0.2) is 24.3 Å². The molecule has 2 N–H and O–H groups in total. The molecule has 0 aromatic heterocycles. The lowest BCUT2D eigenvalue weighted by Gasteiger charge is -2.23. The number of rotatable bonds is 5. The second-order valence-electron chi connectivity index (χ2n) is 5.13. The predicted octanol–water partition coefficient (Wildman–Crippen LogP) is 1.85. The highest BCUT2D eigenvalue weighted by atomic mass is 19.1. The average molecular weight is 280 g/mol. The Bertz CT molecular complexity index is 430. The van der Waals surface area contributed by atoms with E-state index in [1.54, 1.807) is 12.1 Å². The molecule has 1 saturated heterocycles. The summed E-state index contributed by atoms with van der Waals surface area (Å²) in [5, 5.41) is 6.09. The first-order valence-electron chi connectivity index (χ1n) is 7.08. The van der Waals surface area contributed by atoms with Crippen molar-refractivity contribution in [2.45, 2.75) is 38.3 Å². The van der Waals surface area contributed by atoms with Crippen molar-refractivity contribution in [2.24, 2.45) is 0 Å². The highest BCUT2D eigenvalue weighted by molar-refractivity contribution is 5.81. The van der Waals surface area contributed by atoms with Crippen molar-refractivity contribution in [1.82, 2.24) is 10.6 Å². The molecule has 1 aromatic rings. The Morgan fingerprint density at radius 3 is 2.85 bits per heavy atom. The summed E-state index contributed by atoms with van der Waals surface area (Å²) in [4.78, 5) is 11.9. The highest BCUT2D eigenvalue weighted by Gasteiger charge is 2.20. The van der Waals surface area contributed by atoms with Crippen LogP contribution >= 0.6 is 0 Å². The maximum atomic E-state index is 12.8. The van der Waals surface area contributed by atoms with E-state index in [-0.39, 0.29) is 23.9 Å². The van der Waals surface area contributed by atoms with Crippen LogP contribution in [-0.2, 0) is 4.79 Å². The van der Waals surface area contributed by atoms with E-state index in [1.165, 1.54) is 12.1 Å². The Morgan fingerprint density at radius 1 is 1.45 bits per heavy atom. The number of benzene rings is 1. The minimum Gasteiger partial charge on any atom is -0.489 e. The molecule has 1 aliphatic heterocycles. The average Bonchev–Trinajstić information content (AvgIpc) is 2.48. The molecule has 0 saturated carbocycles. The largest absolute Gasteiger partial charge is 0.489 e. The molecule has 1 amide bonds. The van der Waals surface area contributed by atoms with Crippen molar-refractivity contribution in [2.75, 3.05) is 13.1 Å². The smallest absolute Gasteiger partial charge is 0.237 e. The molecule has 1 heterocycles. The van der Waals surface area contributed by atoms with Gasteiger partial charge in [0.2, 0.25) is 5.91 Å². The molecule has 2 rings (SSSR count). The van der Waals surface area contributed by atoms with E-state index in [1.807, 2.05) is 6.92 Å². The Labute approximate surface area is 118 Å². The minimum absolute atomic E-state index is 0.0271. The van der Waals surface area contributed by atoms with Crippen LogP contribution in [0.3, 0.4) is 0 Å². The number of nitrogens with one attached hydrogen (secondary N) is 2. The first-order chi connectivity index (χ1) is 9.65. The van der Waals surface area contributed by atoms with Crippen LogP contribution in [0.4, 0.5) is 4.39 Å². The van der Waals surface area contributed by atoms with Gasteiger partial charge in [-0.3, -0.25) is 4.79 Å². The first-order valence-corrected chi connectivity index (χ1v) is 7.08. The van der Waals surface area contributed by atoms with Crippen molar-refractivity contribution in [3.8, 4) is 5.75 Å². The molecule has 0 bridgehead atoms. The fraction of sp³-hybridized carbons (Fsp3) is 0.533. The Hall–Kier alpha value is -1.62. The van der Waals surface area contributed by atoms with E-state index in [9.17, 15) is 9.18 Å². The van der Waals surface area contributed by atoms with E-state index in [2.05, 4.69) is 10.6 Å². The highest BCUT2D eigenvalue weighted by Crippen LogP contribution is 2.13. The molecule has 1 fully saturated rings. The van der Waals surface area contributed by atoms with Crippen LogP contribution in [0.2, 0.25) is 0 Å². The van der Waals surface area contributed by atoms with Crippen LogP contribution in [0.1, 0.15) is 26.2 Å². The zero-order valence-corrected chi connectivity index (χ0v) is 11.7. The second-order valence-corrected chi connectivity index (χ2v) is 5.13. The van der Waals surface area contributed by atoms with Crippen molar-refractivity contribution >= 4 is 5.91 Å². The number of piperidine rings is 1. The zero-order valence-electron chi connectivity index (χ0n) is 11.7. The lowest BCUT2D eigenvalue weighted by atomic mass is 10.0. The molecule has 2 unspecified atom stereocenters. The van der Waals surface area contributed by atoms with Crippen LogP contribution in [0, 0.1) is 5.82 Å². The summed E-state index contributed by atoms with van der Waals surface area (Å²) in [6.45, 7) is 3.21. The third kappa shape index (κ3) is 4.49. The fourth-order valence-corrected chi connectivity index (χ4v) is 2.23. The van der Waals surface area contributed by atoms with Gasteiger partial charge in [-0.25, -0.2) is 4.39 Å². The standard InChI is InChI=1S/C15H21FN2O2/c1-11(20-13-7-5-12(16)6-8-13)10-18-15(19)14-4-2-3-9-17-14/h5-8,11,14,17H,2-4,9-10H2,1H3,(H,18,19). The van der Waals surface area contributed by atoms with Gasteiger partial charge >= 0.3 is 0 Å². The zero-order chi connectivity index (χ0) is 14.4. The van der Waals surface area contributed by atoms with Crippen LogP contribution in [0.5, 0.6) is 5.75 Å². The van der Waals surface area contributed by atoms with Crippen LogP contribution in [-0.4, -0.2) is 31.1 Å². The molecule has 1 aliphatic rings. The summed E-state index contributed by atoms with van der Waals surface area (Å²) < 4.78 is 18.4. The van der Waals surface area contributed by atoms with E-state index in [4.69, 9.17) is 4.74 Å².